The molecule has 0 bridgehead atoms. The van der Waals surface area contributed by atoms with Crippen molar-refractivity contribution in [2.75, 3.05) is 0 Å². The summed E-state index contributed by atoms with van der Waals surface area (Å²) in [6.07, 6.45) is 3.93. The third-order valence-electron chi connectivity index (χ3n) is 3.17. The van der Waals surface area contributed by atoms with E-state index in [-0.39, 0.29) is 5.92 Å². The predicted octanol–water partition coefficient (Wildman–Crippen LogP) is 2.39. The number of allylic oxidation sites excluding steroid dienone is 1. The topological polar surface area (TPSA) is 59.3 Å². The van der Waals surface area contributed by atoms with Crippen LogP contribution in [0.1, 0.15) is 31.9 Å². The van der Waals surface area contributed by atoms with Gasteiger partial charge < -0.3 is 5.11 Å². The van der Waals surface area contributed by atoms with Crippen LogP contribution in [0.5, 0.6) is 0 Å². The van der Waals surface area contributed by atoms with E-state index in [1.807, 2.05) is 6.92 Å². The number of carboxylic acid groups (broad SMARTS) is 1. The number of carbonyl (C=O) groups is 1. The summed E-state index contributed by atoms with van der Waals surface area (Å²) in [5, 5.41) is 9.26. The first-order valence-electron chi connectivity index (χ1n) is 6.16. The first kappa shape index (κ1) is 15.1. The van der Waals surface area contributed by atoms with Crippen molar-refractivity contribution in [3.05, 3.63) is 46.7 Å². The Hall–Kier alpha value is -1.91. The summed E-state index contributed by atoms with van der Waals surface area (Å²) in [6.45, 7) is 7.10. The zero-order valence-corrected chi connectivity index (χ0v) is 11.1. The molecule has 1 heterocycles. The van der Waals surface area contributed by atoms with Crippen LogP contribution in [0.2, 0.25) is 0 Å². The van der Waals surface area contributed by atoms with Crippen molar-refractivity contribution >= 4 is 5.97 Å². The number of pyridine rings is 1. The molecule has 104 valence electrons. The second-order valence-corrected chi connectivity index (χ2v) is 4.57. The third-order valence-corrected chi connectivity index (χ3v) is 3.17. The van der Waals surface area contributed by atoms with Crippen molar-refractivity contribution in [3.63, 3.8) is 0 Å². The van der Waals surface area contributed by atoms with E-state index in [0.29, 0.717) is 18.4 Å². The van der Waals surface area contributed by atoms with Crippen molar-refractivity contribution in [1.82, 2.24) is 4.57 Å². The molecule has 1 aromatic heterocycles. The monoisotopic (exact) mass is 267 g/mol. The van der Waals surface area contributed by atoms with E-state index in [1.165, 1.54) is 6.20 Å². The molecule has 1 N–H and O–H groups in total. The number of rotatable bonds is 6. The molecule has 0 spiro atoms. The van der Waals surface area contributed by atoms with Crippen molar-refractivity contribution in [1.29, 1.82) is 0 Å². The fourth-order valence-corrected chi connectivity index (χ4v) is 1.97. The van der Waals surface area contributed by atoms with Gasteiger partial charge in [-0.1, -0.05) is 26.3 Å². The van der Waals surface area contributed by atoms with Crippen LogP contribution >= 0.6 is 0 Å². The van der Waals surface area contributed by atoms with Gasteiger partial charge in [-0.15, -0.1) is 6.58 Å². The Labute approximate surface area is 111 Å². The van der Waals surface area contributed by atoms with Gasteiger partial charge in [0.15, 0.2) is 5.82 Å². The summed E-state index contributed by atoms with van der Waals surface area (Å²) in [4.78, 5) is 23.1. The average Bonchev–Trinajstić information content (AvgIpc) is 2.35. The fourth-order valence-electron chi connectivity index (χ4n) is 1.97. The normalized spacial score (nSPS) is 13.8. The standard InChI is InChI=1S/C14H18FNO3/c1-4-6-10-7-11(15)13(17)16(8-10)12(14(18)19)9(3)5-2/h4,7-9,12H,1,5-6H2,2-3H3,(H,18,19). The first-order valence-corrected chi connectivity index (χ1v) is 6.16. The third kappa shape index (κ3) is 3.30. The van der Waals surface area contributed by atoms with Gasteiger partial charge >= 0.3 is 5.97 Å². The molecular weight excluding hydrogens is 249 g/mol. The van der Waals surface area contributed by atoms with Gasteiger partial charge in [0, 0.05) is 6.20 Å². The van der Waals surface area contributed by atoms with Crippen molar-refractivity contribution in [2.24, 2.45) is 5.92 Å². The Morgan fingerprint density at radius 3 is 2.74 bits per heavy atom. The summed E-state index contributed by atoms with van der Waals surface area (Å²) in [5.41, 5.74) is -0.373. The lowest BCUT2D eigenvalue weighted by molar-refractivity contribution is -0.142. The van der Waals surface area contributed by atoms with E-state index in [1.54, 1.807) is 13.0 Å². The van der Waals surface area contributed by atoms with E-state index < -0.39 is 23.4 Å². The molecule has 0 aliphatic heterocycles. The van der Waals surface area contributed by atoms with Gasteiger partial charge in [0.1, 0.15) is 6.04 Å². The van der Waals surface area contributed by atoms with E-state index in [2.05, 4.69) is 6.58 Å². The predicted molar refractivity (Wildman–Crippen MR) is 70.7 cm³/mol. The highest BCUT2D eigenvalue weighted by Gasteiger charge is 2.27. The minimum absolute atomic E-state index is 0.270. The second-order valence-electron chi connectivity index (χ2n) is 4.57. The lowest BCUT2D eigenvalue weighted by Gasteiger charge is -2.22. The molecule has 1 aromatic rings. The summed E-state index contributed by atoms with van der Waals surface area (Å²) in [5.74, 6) is -2.34. The van der Waals surface area contributed by atoms with Crippen LogP contribution in [0.3, 0.4) is 0 Å². The lowest BCUT2D eigenvalue weighted by atomic mass is 9.98. The van der Waals surface area contributed by atoms with Crippen LogP contribution in [0, 0.1) is 11.7 Å². The molecule has 2 atom stereocenters. The minimum Gasteiger partial charge on any atom is -0.480 e. The molecule has 0 radical (unpaired) electrons. The van der Waals surface area contributed by atoms with Crippen molar-refractivity contribution in [3.8, 4) is 0 Å². The highest BCUT2D eigenvalue weighted by atomic mass is 19.1. The Bertz CT molecular complexity index is 536. The maximum Gasteiger partial charge on any atom is 0.327 e. The van der Waals surface area contributed by atoms with E-state index >= 15 is 0 Å². The highest BCUT2D eigenvalue weighted by Crippen LogP contribution is 2.20. The number of nitrogens with zero attached hydrogens (tertiary/aromatic N) is 1. The number of hydrogen-bond acceptors (Lipinski definition) is 2. The zero-order valence-electron chi connectivity index (χ0n) is 11.1. The molecule has 4 nitrogen and oxygen atoms in total. The summed E-state index contributed by atoms with van der Waals surface area (Å²) in [7, 11) is 0. The van der Waals surface area contributed by atoms with Crippen LogP contribution < -0.4 is 5.56 Å². The highest BCUT2D eigenvalue weighted by molar-refractivity contribution is 5.72. The van der Waals surface area contributed by atoms with Crippen LogP contribution in [0.15, 0.2) is 29.7 Å². The summed E-state index contributed by atoms with van der Waals surface area (Å²) in [6, 6.07) is 0.0625. The van der Waals surface area contributed by atoms with Gasteiger partial charge in [0.2, 0.25) is 0 Å². The average molecular weight is 267 g/mol. The molecule has 19 heavy (non-hydrogen) atoms. The SMILES string of the molecule is C=CCc1cc(F)c(=O)n(C(C(=O)O)C(C)CC)c1. The molecule has 0 saturated heterocycles. The molecule has 5 heteroatoms. The lowest BCUT2D eigenvalue weighted by Crippen LogP contribution is -2.35. The Morgan fingerprint density at radius 1 is 1.63 bits per heavy atom. The van der Waals surface area contributed by atoms with Crippen molar-refractivity contribution < 1.29 is 14.3 Å². The van der Waals surface area contributed by atoms with Crippen LogP contribution in [0.25, 0.3) is 0 Å². The van der Waals surface area contributed by atoms with Gasteiger partial charge in [-0.2, -0.15) is 0 Å². The number of hydrogen-bond donors (Lipinski definition) is 1. The molecule has 1 rings (SSSR count). The zero-order chi connectivity index (χ0) is 14.6. The number of aromatic nitrogens is 1. The van der Waals surface area contributed by atoms with Crippen LogP contribution in [-0.2, 0) is 11.2 Å². The van der Waals surface area contributed by atoms with E-state index in [9.17, 15) is 19.1 Å². The number of carboxylic acids is 1. The minimum atomic E-state index is -1.13. The Morgan fingerprint density at radius 2 is 2.26 bits per heavy atom. The van der Waals surface area contributed by atoms with Gasteiger partial charge in [0.05, 0.1) is 0 Å². The van der Waals surface area contributed by atoms with Crippen LogP contribution in [-0.4, -0.2) is 15.6 Å². The largest absolute Gasteiger partial charge is 0.480 e. The molecule has 0 saturated carbocycles. The smallest absolute Gasteiger partial charge is 0.327 e. The second kappa shape index (κ2) is 6.31. The maximum atomic E-state index is 13.6. The molecule has 0 amide bonds. The Balaban J connectivity index is 3.40. The summed E-state index contributed by atoms with van der Waals surface area (Å²) < 4.78 is 14.6. The fraction of sp³-hybridized carbons (Fsp3) is 0.429. The molecule has 2 unspecified atom stereocenters. The number of aliphatic carboxylic acids is 1. The molecule has 0 aliphatic carbocycles. The number of halogens is 1. The summed E-state index contributed by atoms with van der Waals surface area (Å²) >= 11 is 0. The molecular formula is C14H18FNO3. The molecule has 0 fully saturated rings. The Kier molecular flexibility index (Phi) is 5.03. The molecule has 0 aliphatic rings. The van der Waals surface area contributed by atoms with Gasteiger partial charge in [0.25, 0.3) is 5.56 Å². The van der Waals surface area contributed by atoms with Crippen molar-refractivity contribution in [2.45, 2.75) is 32.7 Å². The van der Waals surface area contributed by atoms with Gasteiger partial charge in [-0.3, -0.25) is 9.36 Å². The van der Waals surface area contributed by atoms with Gasteiger partial charge in [-0.05, 0) is 24.0 Å². The van der Waals surface area contributed by atoms with E-state index in [0.717, 1.165) is 10.6 Å². The maximum absolute atomic E-state index is 13.6. The quantitative estimate of drug-likeness (QED) is 0.805. The first-order chi connectivity index (χ1) is 8.92. The molecule has 0 aromatic carbocycles. The van der Waals surface area contributed by atoms with Gasteiger partial charge in [-0.25, -0.2) is 9.18 Å². The van der Waals surface area contributed by atoms with Crippen LogP contribution in [0.4, 0.5) is 4.39 Å². The van der Waals surface area contributed by atoms with E-state index in [4.69, 9.17) is 0 Å².